The molecule has 3 N–H and O–H groups in total. The standard InChI is InChI=1S/C19H21N4O2/c1-11-8-15(18(25)17(11)24)21-19-12(2)10-20-16-9-14(22-23(16)19)13-6-4-3-5-7-13/h3-7,9-11,15,17-18,21,24-25H,1,8H2,2H3/t11-,15-,17-,18+/m1/s1. The molecule has 4 rings (SSSR count). The lowest BCUT2D eigenvalue weighted by atomic mass is 10.1. The molecule has 1 radical (unpaired) electrons. The van der Waals surface area contributed by atoms with Crippen molar-refractivity contribution < 1.29 is 10.2 Å². The largest absolute Gasteiger partial charge is 0.390 e. The Labute approximate surface area is 146 Å². The third-order valence-corrected chi connectivity index (χ3v) is 4.86. The summed E-state index contributed by atoms with van der Waals surface area (Å²) < 4.78 is 1.76. The molecule has 1 aliphatic carbocycles. The van der Waals surface area contributed by atoms with Crippen molar-refractivity contribution in [2.45, 2.75) is 31.6 Å². The van der Waals surface area contributed by atoms with Gasteiger partial charge in [-0.1, -0.05) is 30.3 Å². The number of anilines is 1. The number of rotatable bonds is 3. The summed E-state index contributed by atoms with van der Waals surface area (Å²) in [7, 11) is 0. The van der Waals surface area contributed by atoms with Gasteiger partial charge in [0.25, 0.3) is 0 Å². The van der Waals surface area contributed by atoms with E-state index in [0.29, 0.717) is 6.42 Å². The van der Waals surface area contributed by atoms with Crippen LogP contribution in [0.3, 0.4) is 0 Å². The molecular weight excluding hydrogens is 316 g/mol. The predicted molar refractivity (Wildman–Crippen MR) is 96.0 cm³/mol. The fraction of sp³-hybridized carbons (Fsp3) is 0.316. The summed E-state index contributed by atoms with van der Waals surface area (Å²) in [5.41, 5.74) is 3.50. The Balaban J connectivity index is 1.73. The molecule has 0 amide bonds. The molecule has 1 aliphatic rings. The summed E-state index contributed by atoms with van der Waals surface area (Å²) >= 11 is 0. The first-order chi connectivity index (χ1) is 12.0. The molecule has 129 valence electrons. The van der Waals surface area contributed by atoms with Gasteiger partial charge in [-0.2, -0.15) is 9.61 Å². The smallest absolute Gasteiger partial charge is 0.157 e. The van der Waals surface area contributed by atoms with Crippen LogP contribution in [0.5, 0.6) is 0 Å². The molecule has 2 heterocycles. The second-order valence-corrected chi connectivity index (χ2v) is 6.68. The first-order valence-electron chi connectivity index (χ1n) is 8.41. The zero-order valence-corrected chi connectivity index (χ0v) is 14.0. The van der Waals surface area contributed by atoms with E-state index in [-0.39, 0.29) is 12.0 Å². The SMILES string of the molecule is [CH2][C@@H]1C[C@@H](Nc2c(C)cnc3cc(-c4ccccc4)nn23)[C@H](O)[C@@H]1O. The van der Waals surface area contributed by atoms with Gasteiger partial charge in [-0.05, 0) is 26.2 Å². The van der Waals surface area contributed by atoms with E-state index >= 15 is 0 Å². The Morgan fingerprint density at radius 2 is 1.96 bits per heavy atom. The van der Waals surface area contributed by atoms with Crippen molar-refractivity contribution >= 4 is 11.5 Å². The second-order valence-electron chi connectivity index (χ2n) is 6.68. The highest BCUT2D eigenvalue weighted by Gasteiger charge is 2.39. The number of fused-ring (bicyclic) bond motifs is 1. The zero-order valence-electron chi connectivity index (χ0n) is 14.0. The molecule has 1 fully saturated rings. The van der Waals surface area contributed by atoms with Gasteiger partial charge in [0.2, 0.25) is 0 Å². The van der Waals surface area contributed by atoms with Crippen LogP contribution in [-0.4, -0.2) is 43.1 Å². The van der Waals surface area contributed by atoms with E-state index in [0.717, 1.165) is 28.3 Å². The van der Waals surface area contributed by atoms with Gasteiger partial charge in [-0.3, -0.25) is 0 Å². The van der Waals surface area contributed by atoms with Crippen LogP contribution in [0.25, 0.3) is 16.9 Å². The minimum Gasteiger partial charge on any atom is -0.390 e. The van der Waals surface area contributed by atoms with Gasteiger partial charge in [0, 0.05) is 23.4 Å². The van der Waals surface area contributed by atoms with Crippen molar-refractivity contribution in [1.29, 1.82) is 0 Å². The number of aliphatic hydroxyl groups excluding tert-OH is 2. The summed E-state index contributed by atoms with van der Waals surface area (Å²) in [4.78, 5) is 4.45. The zero-order chi connectivity index (χ0) is 17.6. The summed E-state index contributed by atoms with van der Waals surface area (Å²) in [5, 5.41) is 28.2. The predicted octanol–water partition coefficient (Wildman–Crippen LogP) is 2.06. The number of hydrogen-bond donors (Lipinski definition) is 3. The summed E-state index contributed by atoms with van der Waals surface area (Å²) in [6.07, 6.45) is 0.716. The van der Waals surface area contributed by atoms with Crippen molar-refractivity contribution in [2.75, 3.05) is 5.32 Å². The van der Waals surface area contributed by atoms with E-state index in [1.54, 1.807) is 10.7 Å². The normalized spacial score (nSPS) is 26.2. The third-order valence-electron chi connectivity index (χ3n) is 4.86. The third kappa shape index (κ3) is 2.77. The highest BCUT2D eigenvalue weighted by Crippen LogP contribution is 2.30. The minimum atomic E-state index is -0.853. The van der Waals surface area contributed by atoms with Gasteiger partial charge in [-0.25, -0.2) is 4.98 Å². The van der Waals surface area contributed by atoms with Gasteiger partial charge in [0.05, 0.1) is 17.8 Å². The average molecular weight is 337 g/mol. The Morgan fingerprint density at radius 1 is 1.20 bits per heavy atom. The fourth-order valence-corrected chi connectivity index (χ4v) is 3.39. The molecule has 25 heavy (non-hydrogen) atoms. The van der Waals surface area contributed by atoms with Crippen molar-refractivity contribution in [3.8, 4) is 11.3 Å². The van der Waals surface area contributed by atoms with Crippen LogP contribution < -0.4 is 5.32 Å². The van der Waals surface area contributed by atoms with E-state index in [1.807, 2.05) is 43.3 Å². The molecule has 6 heteroatoms. The number of aromatic nitrogens is 3. The molecule has 0 spiro atoms. The monoisotopic (exact) mass is 337 g/mol. The molecule has 1 aromatic carbocycles. The molecule has 2 aromatic heterocycles. The average Bonchev–Trinajstić information content (AvgIpc) is 3.16. The maximum Gasteiger partial charge on any atom is 0.157 e. The van der Waals surface area contributed by atoms with Gasteiger partial charge in [-0.15, -0.1) is 0 Å². The maximum atomic E-state index is 10.2. The van der Waals surface area contributed by atoms with Crippen LogP contribution in [0.15, 0.2) is 42.6 Å². The van der Waals surface area contributed by atoms with Gasteiger partial charge in [0.1, 0.15) is 11.9 Å². The lowest BCUT2D eigenvalue weighted by Crippen LogP contribution is -2.35. The topological polar surface area (TPSA) is 82.7 Å². The first-order valence-corrected chi connectivity index (χ1v) is 8.41. The van der Waals surface area contributed by atoms with Crippen LogP contribution in [-0.2, 0) is 0 Å². The molecule has 3 aromatic rings. The number of nitrogens with zero attached hydrogens (tertiary/aromatic N) is 3. The van der Waals surface area contributed by atoms with Crippen molar-refractivity contribution in [2.24, 2.45) is 5.92 Å². The summed E-state index contributed by atoms with van der Waals surface area (Å²) in [5.74, 6) is 0.583. The first kappa shape index (κ1) is 16.1. The van der Waals surface area contributed by atoms with Crippen LogP contribution in [0.4, 0.5) is 5.82 Å². The number of aliphatic hydroxyl groups is 2. The van der Waals surface area contributed by atoms with Crippen LogP contribution >= 0.6 is 0 Å². The maximum absolute atomic E-state index is 10.2. The van der Waals surface area contributed by atoms with Crippen molar-refractivity contribution in [1.82, 2.24) is 14.6 Å². The lowest BCUT2D eigenvalue weighted by molar-refractivity contribution is 0.0256. The quantitative estimate of drug-likeness (QED) is 0.681. The molecule has 0 bridgehead atoms. The molecule has 6 nitrogen and oxygen atoms in total. The molecular formula is C19H21N4O2. The highest BCUT2D eigenvalue weighted by atomic mass is 16.3. The van der Waals surface area contributed by atoms with Gasteiger partial charge >= 0.3 is 0 Å². The number of benzene rings is 1. The number of aryl methyl sites for hydroxylation is 1. The van der Waals surface area contributed by atoms with Crippen molar-refractivity contribution in [3.05, 3.63) is 55.1 Å². The lowest BCUT2D eigenvalue weighted by Gasteiger charge is -2.20. The Kier molecular flexibility index (Phi) is 3.94. The second kappa shape index (κ2) is 6.13. The van der Waals surface area contributed by atoms with E-state index in [1.165, 1.54) is 0 Å². The summed E-state index contributed by atoms with van der Waals surface area (Å²) in [6.45, 7) is 5.85. The molecule has 0 saturated heterocycles. The van der Waals surface area contributed by atoms with E-state index < -0.39 is 12.2 Å². The fourth-order valence-electron chi connectivity index (χ4n) is 3.39. The highest BCUT2D eigenvalue weighted by molar-refractivity contribution is 5.66. The molecule has 0 unspecified atom stereocenters. The van der Waals surface area contributed by atoms with Gasteiger partial charge in [0.15, 0.2) is 5.65 Å². The van der Waals surface area contributed by atoms with Crippen LogP contribution in [0, 0.1) is 19.8 Å². The Bertz CT molecular complexity index is 893. The van der Waals surface area contributed by atoms with Crippen LogP contribution in [0.2, 0.25) is 0 Å². The molecule has 4 atom stereocenters. The Morgan fingerprint density at radius 3 is 2.64 bits per heavy atom. The summed E-state index contributed by atoms with van der Waals surface area (Å²) in [6, 6.07) is 11.6. The molecule has 0 aliphatic heterocycles. The van der Waals surface area contributed by atoms with Crippen LogP contribution in [0.1, 0.15) is 12.0 Å². The van der Waals surface area contributed by atoms with E-state index in [2.05, 4.69) is 22.3 Å². The van der Waals surface area contributed by atoms with Gasteiger partial charge < -0.3 is 15.5 Å². The number of hydrogen-bond acceptors (Lipinski definition) is 5. The Hall–Kier alpha value is -2.44. The van der Waals surface area contributed by atoms with Crippen molar-refractivity contribution in [3.63, 3.8) is 0 Å². The van der Waals surface area contributed by atoms with E-state index in [4.69, 9.17) is 0 Å². The molecule has 1 saturated carbocycles. The number of nitrogens with one attached hydrogen (secondary N) is 1. The van der Waals surface area contributed by atoms with E-state index in [9.17, 15) is 10.2 Å². The minimum absolute atomic E-state index is 0.192.